The molecule has 0 aliphatic carbocycles. The number of hydrogen-bond donors (Lipinski definition) is 1. The molecule has 1 amide bonds. The topological polar surface area (TPSA) is 52.3 Å². The Labute approximate surface area is 116 Å². The van der Waals surface area contributed by atoms with Gasteiger partial charge in [-0.25, -0.2) is 8.78 Å². The zero-order valence-electron chi connectivity index (χ0n) is 10.4. The van der Waals surface area contributed by atoms with Crippen molar-refractivity contribution >= 4 is 5.91 Å². The van der Waals surface area contributed by atoms with E-state index in [4.69, 9.17) is 10.5 Å². The molecule has 2 rings (SSSR count). The van der Waals surface area contributed by atoms with Crippen LogP contribution < -0.4 is 10.5 Å². The van der Waals surface area contributed by atoms with Crippen LogP contribution in [-0.4, -0.2) is 5.91 Å². The fourth-order valence-electron chi connectivity index (χ4n) is 1.69. The van der Waals surface area contributed by atoms with Gasteiger partial charge >= 0.3 is 0 Å². The lowest BCUT2D eigenvalue weighted by Gasteiger charge is -2.17. The maximum Gasteiger partial charge on any atom is 0.263 e. The van der Waals surface area contributed by atoms with Crippen molar-refractivity contribution in [3.63, 3.8) is 0 Å². The number of hydrogen-bond acceptors (Lipinski definition) is 2. The van der Waals surface area contributed by atoms with Crippen LogP contribution in [0.1, 0.15) is 11.7 Å². The Morgan fingerprint density at radius 1 is 1.00 bits per heavy atom. The van der Waals surface area contributed by atoms with E-state index in [0.29, 0.717) is 0 Å². The molecule has 0 saturated heterocycles. The first-order chi connectivity index (χ1) is 9.91. The summed E-state index contributed by atoms with van der Waals surface area (Å²) in [5, 5.41) is 0. The highest BCUT2D eigenvalue weighted by Gasteiger charge is 2.27. The molecular formula is C14H9F4NO2. The molecule has 0 saturated carbocycles. The minimum Gasteiger partial charge on any atom is -0.469 e. The van der Waals surface area contributed by atoms with Crippen molar-refractivity contribution in [2.24, 2.45) is 5.73 Å². The Hall–Kier alpha value is -2.57. The second kappa shape index (κ2) is 5.82. The number of rotatable bonds is 4. The molecule has 7 heteroatoms. The van der Waals surface area contributed by atoms with E-state index in [0.717, 1.165) is 0 Å². The average molecular weight is 299 g/mol. The minimum absolute atomic E-state index is 0.0410. The first-order valence-electron chi connectivity index (χ1n) is 5.75. The average Bonchev–Trinajstić information content (AvgIpc) is 2.46. The predicted molar refractivity (Wildman–Crippen MR) is 65.3 cm³/mol. The van der Waals surface area contributed by atoms with Gasteiger partial charge in [-0.3, -0.25) is 4.79 Å². The van der Waals surface area contributed by atoms with Gasteiger partial charge < -0.3 is 10.5 Å². The highest BCUT2D eigenvalue weighted by atomic mass is 19.2. The molecule has 3 nitrogen and oxygen atoms in total. The van der Waals surface area contributed by atoms with Gasteiger partial charge in [-0.2, -0.15) is 8.78 Å². The van der Waals surface area contributed by atoms with Crippen LogP contribution in [0.15, 0.2) is 36.4 Å². The van der Waals surface area contributed by atoms with Gasteiger partial charge in [0.05, 0.1) is 0 Å². The van der Waals surface area contributed by atoms with Crippen molar-refractivity contribution in [2.75, 3.05) is 0 Å². The van der Waals surface area contributed by atoms with Crippen molar-refractivity contribution in [3.05, 3.63) is 65.2 Å². The SMILES string of the molecule is NC(=O)[C@H](Oc1c(F)c(F)cc(F)c1F)c1ccccc1. The molecule has 0 heterocycles. The fourth-order valence-corrected chi connectivity index (χ4v) is 1.69. The maximum atomic E-state index is 13.5. The molecule has 0 aromatic heterocycles. The van der Waals surface area contributed by atoms with Crippen molar-refractivity contribution < 1.29 is 27.1 Å². The molecule has 0 spiro atoms. The number of nitrogens with two attached hydrogens (primary N) is 1. The predicted octanol–water partition coefficient (Wildman–Crippen LogP) is 2.85. The van der Waals surface area contributed by atoms with Gasteiger partial charge in [-0.1, -0.05) is 30.3 Å². The molecule has 2 aromatic carbocycles. The molecule has 110 valence electrons. The Bertz CT molecular complexity index is 650. The number of ether oxygens (including phenoxy) is 1. The van der Waals surface area contributed by atoms with Crippen LogP contribution in [-0.2, 0) is 4.79 Å². The number of halogens is 4. The Morgan fingerprint density at radius 2 is 1.52 bits per heavy atom. The molecule has 0 bridgehead atoms. The van der Waals surface area contributed by atoms with E-state index in [1.54, 1.807) is 6.07 Å². The Kier molecular flexibility index (Phi) is 4.11. The second-order valence-corrected chi connectivity index (χ2v) is 4.11. The first kappa shape index (κ1) is 14.8. The lowest BCUT2D eigenvalue weighted by Crippen LogP contribution is -2.27. The minimum atomic E-state index is -1.74. The van der Waals surface area contributed by atoms with E-state index in [1.807, 2.05) is 0 Å². The first-order valence-corrected chi connectivity index (χ1v) is 5.75. The van der Waals surface area contributed by atoms with Gasteiger partial charge in [-0.05, 0) is 0 Å². The van der Waals surface area contributed by atoms with Crippen LogP contribution in [0.25, 0.3) is 0 Å². The third kappa shape index (κ3) is 2.96. The van der Waals surface area contributed by atoms with Crippen molar-refractivity contribution in [2.45, 2.75) is 6.10 Å². The smallest absolute Gasteiger partial charge is 0.263 e. The number of amides is 1. The summed E-state index contributed by atoms with van der Waals surface area (Å²) in [6.45, 7) is 0. The third-order valence-corrected chi connectivity index (χ3v) is 2.67. The van der Waals surface area contributed by atoms with E-state index in [2.05, 4.69) is 0 Å². The summed E-state index contributed by atoms with van der Waals surface area (Å²) < 4.78 is 58.0. The lowest BCUT2D eigenvalue weighted by molar-refractivity contribution is -0.125. The summed E-state index contributed by atoms with van der Waals surface area (Å²) in [4.78, 5) is 11.4. The van der Waals surface area contributed by atoms with Gasteiger partial charge in [0.2, 0.25) is 17.7 Å². The molecule has 21 heavy (non-hydrogen) atoms. The van der Waals surface area contributed by atoms with Gasteiger partial charge in [-0.15, -0.1) is 0 Å². The summed E-state index contributed by atoms with van der Waals surface area (Å²) in [6, 6.07) is 7.58. The zero-order valence-corrected chi connectivity index (χ0v) is 10.4. The van der Waals surface area contributed by atoms with E-state index in [9.17, 15) is 22.4 Å². The molecule has 0 aliphatic heterocycles. The van der Waals surface area contributed by atoms with Crippen molar-refractivity contribution in [1.82, 2.24) is 0 Å². The second-order valence-electron chi connectivity index (χ2n) is 4.11. The van der Waals surface area contributed by atoms with E-state index in [-0.39, 0.29) is 11.6 Å². The van der Waals surface area contributed by atoms with E-state index < -0.39 is 41.0 Å². The third-order valence-electron chi connectivity index (χ3n) is 2.67. The number of primary amides is 1. The standard InChI is InChI=1S/C14H9F4NO2/c15-8-6-9(16)11(18)13(10(8)17)21-12(14(19)20)7-4-2-1-3-5-7/h1-6,12H,(H2,19,20)/t12-/m1/s1. The van der Waals surface area contributed by atoms with Crippen molar-refractivity contribution in [3.8, 4) is 5.75 Å². The summed E-state index contributed by atoms with van der Waals surface area (Å²) in [6.07, 6.45) is -1.59. The van der Waals surface area contributed by atoms with Gasteiger partial charge in [0.15, 0.2) is 17.4 Å². The van der Waals surface area contributed by atoms with Crippen LogP contribution >= 0.6 is 0 Å². The lowest BCUT2D eigenvalue weighted by atomic mass is 10.1. The van der Waals surface area contributed by atoms with Crippen LogP contribution in [0.5, 0.6) is 5.75 Å². The summed E-state index contributed by atoms with van der Waals surface area (Å²) >= 11 is 0. The van der Waals surface area contributed by atoms with Crippen LogP contribution in [0.2, 0.25) is 0 Å². The highest BCUT2D eigenvalue weighted by Crippen LogP contribution is 2.30. The van der Waals surface area contributed by atoms with Gasteiger partial charge in [0.25, 0.3) is 5.91 Å². The largest absolute Gasteiger partial charge is 0.469 e. The molecule has 2 N–H and O–H groups in total. The van der Waals surface area contributed by atoms with Crippen molar-refractivity contribution in [1.29, 1.82) is 0 Å². The zero-order chi connectivity index (χ0) is 15.6. The fraction of sp³-hybridized carbons (Fsp3) is 0.0714. The molecule has 0 aliphatic rings. The van der Waals surface area contributed by atoms with E-state index in [1.165, 1.54) is 24.3 Å². The highest BCUT2D eigenvalue weighted by molar-refractivity contribution is 5.80. The van der Waals surface area contributed by atoms with Crippen LogP contribution in [0.3, 0.4) is 0 Å². The number of benzene rings is 2. The molecule has 0 radical (unpaired) electrons. The summed E-state index contributed by atoms with van der Waals surface area (Å²) in [5.74, 6) is -9.16. The molecule has 0 fully saturated rings. The van der Waals surface area contributed by atoms with Crippen LogP contribution in [0.4, 0.5) is 17.6 Å². The number of carbonyl (C=O) groups is 1. The maximum absolute atomic E-state index is 13.5. The van der Waals surface area contributed by atoms with Crippen LogP contribution in [0, 0.1) is 23.3 Å². The van der Waals surface area contributed by atoms with E-state index >= 15 is 0 Å². The molecule has 1 atom stereocenters. The molecule has 2 aromatic rings. The number of carbonyl (C=O) groups excluding carboxylic acids is 1. The summed E-state index contributed by atoms with van der Waals surface area (Å²) in [7, 11) is 0. The van der Waals surface area contributed by atoms with Gasteiger partial charge in [0.1, 0.15) is 0 Å². The quantitative estimate of drug-likeness (QED) is 0.697. The molecular weight excluding hydrogens is 290 g/mol. The monoisotopic (exact) mass is 299 g/mol. The Balaban J connectivity index is 2.46. The normalized spacial score (nSPS) is 12.0. The molecule has 0 unspecified atom stereocenters. The summed E-state index contributed by atoms with van der Waals surface area (Å²) in [5.41, 5.74) is 5.28. The Morgan fingerprint density at radius 3 is 2.00 bits per heavy atom. The van der Waals surface area contributed by atoms with Gasteiger partial charge in [0, 0.05) is 11.6 Å².